The van der Waals surface area contributed by atoms with Crippen LogP contribution in [0.5, 0.6) is 0 Å². The molecule has 0 aromatic heterocycles. The van der Waals surface area contributed by atoms with Gasteiger partial charge in [0.25, 0.3) is 0 Å². The predicted molar refractivity (Wildman–Crippen MR) is 68.0 cm³/mol. The van der Waals surface area contributed by atoms with Crippen LogP contribution in [0.2, 0.25) is 0 Å². The maximum Gasteiger partial charge on any atom is 0.321 e. The lowest BCUT2D eigenvalue weighted by Gasteiger charge is -2.12. The highest BCUT2D eigenvalue weighted by molar-refractivity contribution is 5.73. The van der Waals surface area contributed by atoms with Crippen molar-refractivity contribution in [2.75, 3.05) is 6.54 Å². The summed E-state index contributed by atoms with van der Waals surface area (Å²) in [4.78, 5) is 10.5. The zero-order chi connectivity index (χ0) is 13.0. The maximum atomic E-state index is 10.5. The highest BCUT2D eigenvalue weighted by Gasteiger charge is 2.10. The summed E-state index contributed by atoms with van der Waals surface area (Å²) in [5.74, 6) is -0.977. The molecule has 0 radical (unpaired) electrons. The van der Waals surface area contributed by atoms with E-state index in [2.05, 4.69) is 38.2 Å². The van der Waals surface area contributed by atoms with Gasteiger partial charge in [0, 0.05) is 13.1 Å². The Morgan fingerprint density at radius 2 is 1.88 bits per heavy atom. The third kappa shape index (κ3) is 3.84. The van der Waals surface area contributed by atoms with E-state index in [1.54, 1.807) is 0 Å². The molecule has 0 bridgehead atoms. The van der Waals surface area contributed by atoms with Gasteiger partial charge in [-0.25, -0.2) is 0 Å². The molecule has 1 aromatic carbocycles. The molecule has 4 nitrogen and oxygen atoms in total. The second-order valence-corrected chi connectivity index (χ2v) is 4.44. The van der Waals surface area contributed by atoms with E-state index >= 15 is 0 Å². The van der Waals surface area contributed by atoms with Crippen LogP contribution in [0.3, 0.4) is 0 Å². The normalized spacial score (nSPS) is 12.5. The summed E-state index contributed by atoms with van der Waals surface area (Å²) in [6.07, 6.45) is 0. The van der Waals surface area contributed by atoms with Gasteiger partial charge in [-0.15, -0.1) is 0 Å². The fourth-order valence-corrected chi connectivity index (χ4v) is 1.66. The Hall–Kier alpha value is -1.39. The van der Waals surface area contributed by atoms with Gasteiger partial charge >= 0.3 is 5.97 Å². The molecule has 94 valence electrons. The van der Waals surface area contributed by atoms with Gasteiger partial charge in [-0.3, -0.25) is 4.79 Å². The van der Waals surface area contributed by atoms with Crippen molar-refractivity contribution in [3.63, 3.8) is 0 Å². The van der Waals surface area contributed by atoms with Crippen molar-refractivity contribution in [3.05, 3.63) is 34.4 Å². The van der Waals surface area contributed by atoms with Gasteiger partial charge in [-0.2, -0.15) is 0 Å². The number of benzene rings is 1. The van der Waals surface area contributed by atoms with Crippen LogP contribution >= 0.6 is 0 Å². The lowest BCUT2D eigenvalue weighted by molar-refractivity contribution is -0.138. The van der Waals surface area contributed by atoms with Gasteiger partial charge < -0.3 is 16.2 Å². The molecule has 0 aliphatic rings. The summed E-state index contributed by atoms with van der Waals surface area (Å²) in [6, 6.07) is 3.43. The summed E-state index contributed by atoms with van der Waals surface area (Å²) >= 11 is 0. The molecule has 0 heterocycles. The highest BCUT2D eigenvalue weighted by atomic mass is 16.4. The summed E-state index contributed by atoms with van der Waals surface area (Å²) in [6.45, 7) is 7.14. The van der Waals surface area contributed by atoms with Crippen molar-refractivity contribution in [2.24, 2.45) is 5.73 Å². The SMILES string of the molecule is Cc1cc(C)c(CNCC(N)C(=O)O)cc1C. The molecular formula is C13H20N2O2. The molecule has 1 unspecified atom stereocenters. The summed E-state index contributed by atoms with van der Waals surface area (Å²) in [5, 5.41) is 11.7. The van der Waals surface area contributed by atoms with E-state index in [4.69, 9.17) is 10.8 Å². The second-order valence-electron chi connectivity index (χ2n) is 4.44. The van der Waals surface area contributed by atoms with Crippen molar-refractivity contribution in [1.82, 2.24) is 5.32 Å². The van der Waals surface area contributed by atoms with Crippen molar-refractivity contribution in [3.8, 4) is 0 Å². The Morgan fingerprint density at radius 3 is 2.47 bits per heavy atom. The molecule has 0 saturated heterocycles. The van der Waals surface area contributed by atoms with Crippen LogP contribution in [0.1, 0.15) is 22.3 Å². The van der Waals surface area contributed by atoms with Crippen LogP contribution in [0.4, 0.5) is 0 Å². The number of rotatable bonds is 5. The first-order chi connectivity index (χ1) is 7.91. The van der Waals surface area contributed by atoms with E-state index in [0.29, 0.717) is 6.54 Å². The summed E-state index contributed by atoms with van der Waals surface area (Å²) in [5.41, 5.74) is 10.3. The zero-order valence-electron chi connectivity index (χ0n) is 10.6. The minimum atomic E-state index is -0.977. The standard InChI is InChI=1S/C13H20N2O2/c1-8-4-10(3)11(5-9(8)2)6-15-7-12(14)13(16)17/h4-5,12,15H,6-7,14H2,1-3H3,(H,16,17). The van der Waals surface area contributed by atoms with E-state index in [1.807, 2.05) is 0 Å². The topological polar surface area (TPSA) is 75.3 Å². The van der Waals surface area contributed by atoms with Crippen molar-refractivity contribution >= 4 is 5.97 Å². The number of carboxylic acid groups (broad SMARTS) is 1. The first-order valence-corrected chi connectivity index (χ1v) is 5.67. The molecule has 4 N–H and O–H groups in total. The minimum Gasteiger partial charge on any atom is -0.480 e. The Balaban J connectivity index is 2.58. The summed E-state index contributed by atoms with van der Waals surface area (Å²) in [7, 11) is 0. The number of nitrogens with two attached hydrogens (primary N) is 1. The van der Waals surface area contributed by atoms with Crippen LogP contribution in [-0.2, 0) is 11.3 Å². The minimum absolute atomic E-state index is 0.279. The quantitative estimate of drug-likeness (QED) is 0.716. The van der Waals surface area contributed by atoms with Crippen LogP contribution in [0, 0.1) is 20.8 Å². The molecule has 17 heavy (non-hydrogen) atoms. The van der Waals surface area contributed by atoms with Crippen LogP contribution < -0.4 is 11.1 Å². The average Bonchev–Trinajstić information content (AvgIpc) is 2.25. The summed E-state index contributed by atoms with van der Waals surface area (Å²) < 4.78 is 0. The Morgan fingerprint density at radius 1 is 1.29 bits per heavy atom. The first-order valence-electron chi connectivity index (χ1n) is 5.67. The molecule has 0 aliphatic heterocycles. The second kappa shape index (κ2) is 5.80. The number of hydrogen-bond acceptors (Lipinski definition) is 3. The van der Waals surface area contributed by atoms with Crippen LogP contribution in [0.25, 0.3) is 0 Å². The van der Waals surface area contributed by atoms with E-state index in [0.717, 1.165) is 0 Å². The fourth-order valence-electron chi connectivity index (χ4n) is 1.66. The smallest absolute Gasteiger partial charge is 0.321 e. The van der Waals surface area contributed by atoms with Crippen molar-refractivity contribution in [2.45, 2.75) is 33.4 Å². The Kier molecular flexibility index (Phi) is 4.66. The third-order valence-corrected chi connectivity index (χ3v) is 2.95. The van der Waals surface area contributed by atoms with Crippen molar-refractivity contribution in [1.29, 1.82) is 0 Å². The Bertz CT molecular complexity index is 416. The van der Waals surface area contributed by atoms with Gasteiger partial charge in [0.1, 0.15) is 6.04 Å². The lowest BCUT2D eigenvalue weighted by atomic mass is 10.0. The Labute approximate surface area is 102 Å². The molecule has 0 spiro atoms. The van der Waals surface area contributed by atoms with Gasteiger partial charge in [-0.05, 0) is 43.0 Å². The van der Waals surface area contributed by atoms with Crippen LogP contribution in [-0.4, -0.2) is 23.7 Å². The predicted octanol–water partition coefficient (Wildman–Crippen LogP) is 1.11. The van der Waals surface area contributed by atoms with Gasteiger partial charge in [0.2, 0.25) is 0 Å². The maximum absolute atomic E-state index is 10.5. The third-order valence-electron chi connectivity index (χ3n) is 2.95. The molecule has 0 fully saturated rings. The molecule has 1 atom stereocenters. The molecule has 4 heteroatoms. The van der Waals surface area contributed by atoms with E-state index in [1.165, 1.54) is 22.3 Å². The van der Waals surface area contributed by atoms with Crippen LogP contribution in [0.15, 0.2) is 12.1 Å². The lowest BCUT2D eigenvalue weighted by Crippen LogP contribution is -2.40. The van der Waals surface area contributed by atoms with Gasteiger partial charge in [0.05, 0.1) is 0 Å². The number of nitrogens with one attached hydrogen (secondary N) is 1. The monoisotopic (exact) mass is 236 g/mol. The number of aliphatic carboxylic acids is 1. The highest BCUT2D eigenvalue weighted by Crippen LogP contribution is 2.14. The molecule has 1 rings (SSSR count). The number of hydrogen-bond donors (Lipinski definition) is 3. The number of carboxylic acids is 1. The van der Waals surface area contributed by atoms with E-state index < -0.39 is 12.0 Å². The van der Waals surface area contributed by atoms with Gasteiger partial charge in [-0.1, -0.05) is 12.1 Å². The fraction of sp³-hybridized carbons (Fsp3) is 0.462. The molecule has 0 aliphatic carbocycles. The van der Waals surface area contributed by atoms with E-state index in [9.17, 15) is 4.79 Å². The molecule has 1 aromatic rings. The molecular weight excluding hydrogens is 216 g/mol. The van der Waals surface area contributed by atoms with E-state index in [-0.39, 0.29) is 6.54 Å². The molecule has 0 amide bonds. The largest absolute Gasteiger partial charge is 0.480 e. The van der Waals surface area contributed by atoms with Gasteiger partial charge in [0.15, 0.2) is 0 Å². The van der Waals surface area contributed by atoms with Crippen molar-refractivity contribution < 1.29 is 9.90 Å². The zero-order valence-corrected chi connectivity index (χ0v) is 10.6. The first kappa shape index (κ1) is 13.7. The average molecular weight is 236 g/mol. The molecule has 0 saturated carbocycles. The number of carbonyl (C=O) groups is 1. The number of aryl methyl sites for hydroxylation is 3.